The lowest BCUT2D eigenvalue weighted by Gasteiger charge is -2.02. The maximum absolute atomic E-state index is 11.6. The van der Waals surface area contributed by atoms with Gasteiger partial charge >= 0.3 is 5.97 Å². The van der Waals surface area contributed by atoms with Gasteiger partial charge in [-0.15, -0.1) is 11.3 Å². The average Bonchev–Trinajstić information content (AvgIpc) is 3.08. The Labute approximate surface area is 116 Å². The minimum Gasteiger partial charge on any atom is -0.481 e. The zero-order valence-electron chi connectivity index (χ0n) is 11.1. The minimum atomic E-state index is -0.872. The first-order valence-corrected chi connectivity index (χ1v) is 7.30. The number of aryl methyl sites for hydroxylation is 2. The Bertz CT molecular complexity index is 498. The molecule has 1 aromatic rings. The molecule has 1 saturated carbocycles. The van der Waals surface area contributed by atoms with Crippen molar-refractivity contribution in [1.82, 2.24) is 10.3 Å². The van der Waals surface area contributed by atoms with Crippen molar-refractivity contribution in [2.24, 2.45) is 11.8 Å². The Balaban J connectivity index is 1.74. The number of amides is 1. The standard InChI is InChI=1S/C13H18N2O3S/c1-3-10-7(2)19-11(15-10)4-5-14-12(16)8-6-9(8)13(17)18/h8-9H,3-6H2,1-2H3,(H,14,16)(H,17,18). The molecule has 19 heavy (non-hydrogen) atoms. The first-order chi connectivity index (χ1) is 9.02. The number of carboxylic acids is 1. The molecule has 0 radical (unpaired) electrons. The molecule has 0 spiro atoms. The summed E-state index contributed by atoms with van der Waals surface area (Å²) < 4.78 is 0. The van der Waals surface area contributed by atoms with Crippen LogP contribution in [-0.2, 0) is 22.4 Å². The third kappa shape index (κ3) is 3.32. The molecule has 0 aliphatic heterocycles. The van der Waals surface area contributed by atoms with Crippen LogP contribution >= 0.6 is 11.3 Å². The lowest BCUT2D eigenvalue weighted by Crippen LogP contribution is -2.28. The van der Waals surface area contributed by atoms with Gasteiger partial charge in [0.15, 0.2) is 0 Å². The van der Waals surface area contributed by atoms with Crippen molar-refractivity contribution in [2.45, 2.75) is 33.1 Å². The number of carboxylic acid groups (broad SMARTS) is 1. The van der Waals surface area contributed by atoms with Gasteiger partial charge in [-0.1, -0.05) is 6.92 Å². The molecule has 104 valence electrons. The molecule has 0 saturated heterocycles. The predicted octanol–water partition coefficient (Wildman–Crippen LogP) is 1.39. The van der Waals surface area contributed by atoms with Crippen molar-refractivity contribution in [3.05, 3.63) is 15.6 Å². The number of carbonyl (C=O) groups excluding carboxylic acids is 1. The van der Waals surface area contributed by atoms with E-state index < -0.39 is 11.9 Å². The molecule has 1 aromatic heterocycles. The summed E-state index contributed by atoms with van der Waals surface area (Å²) in [5.41, 5.74) is 1.12. The van der Waals surface area contributed by atoms with E-state index in [4.69, 9.17) is 5.11 Å². The summed E-state index contributed by atoms with van der Waals surface area (Å²) in [4.78, 5) is 28.0. The second kappa shape index (κ2) is 5.69. The van der Waals surface area contributed by atoms with Crippen molar-refractivity contribution in [1.29, 1.82) is 0 Å². The van der Waals surface area contributed by atoms with Crippen LogP contribution in [-0.4, -0.2) is 28.5 Å². The van der Waals surface area contributed by atoms with Crippen LogP contribution < -0.4 is 5.32 Å². The highest BCUT2D eigenvalue weighted by molar-refractivity contribution is 7.11. The number of aromatic nitrogens is 1. The molecule has 2 rings (SSSR count). The molecule has 5 nitrogen and oxygen atoms in total. The number of rotatable bonds is 6. The molecular formula is C13H18N2O3S. The number of hydrogen-bond acceptors (Lipinski definition) is 4. The van der Waals surface area contributed by atoms with E-state index in [-0.39, 0.29) is 11.8 Å². The normalized spacial score (nSPS) is 21.2. The fourth-order valence-electron chi connectivity index (χ4n) is 2.10. The summed E-state index contributed by atoms with van der Waals surface area (Å²) in [7, 11) is 0. The van der Waals surface area contributed by atoms with E-state index in [1.54, 1.807) is 11.3 Å². The second-order valence-corrected chi connectivity index (χ2v) is 6.08. The summed E-state index contributed by atoms with van der Waals surface area (Å²) >= 11 is 1.66. The number of carbonyl (C=O) groups is 2. The molecular weight excluding hydrogens is 264 g/mol. The van der Waals surface area contributed by atoms with E-state index in [2.05, 4.69) is 24.1 Å². The highest BCUT2D eigenvalue weighted by Crippen LogP contribution is 2.38. The highest BCUT2D eigenvalue weighted by Gasteiger charge is 2.48. The minimum absolute atomic E-state index is 0.142. The van der Waals surface area contributed by atoms with Crippen molar-refractivity contribution in [3.8, 4) is 0 Å². The predicted molar refractivity (Wildman–Crippen MR) is 72.2 cm³/mol. The molecule has 1 aliphatic carbocycles. The van der Waals surface area contributed by atoms with Crippen molar-refractivity contribution in [2.75, 3.05) is 6.54 Å². The third-order valence-electron chi connectivity index (χ3n) is 3.35. The molecule has 0 bridgehead atoms. The molecule has 1 amide bonds. The number of thiazole rings is 1. The van der Waals surface area contributed by atoms with Crippen LogP contribution in [0.4, 0.5) is 0 Å². The monoisotopic (exact) mass is 282 g/mol. The number of nitrogens with zero attached hydrogens (tertiary/aromatic N) is 1. The molecule has 1 aliphatic rings. The second-order valence-electron chi connectivity index (χ2n) is 4.79. The first kappa shape index (κ1) is 14.0. The van der Waals surface area contributed by atoms with Crippen molar-refractivity contribution in [3.63, 3.8) is 0 Å². The lowest BCUT2D eigenvalue weighted by molar-refractivity contribution is -0.140. The van der Waals surface area contributed by atoms with Gasteiger partial charge in [-0.25, -0.2) is 4.98 Å². The van der Waals surface area contributed by atoms with Gasteiger partial charge in [0, 0.05) is 17.8 Å². The van der Waals surface area contributed by atoms with Gasteiger partial charge in [0.2, 0.25) is 5.91 Å². The Morgan fingerprint density at radius 2 is 2.21 bits per heavy atom. The third-order valence-corrected chi connectivity index (χ3v) is 4.43. The topological polar surface area (TPSA) is 79.3 Å². The Morgan fingerprint density at radius 1 is 1.47 bits per heavy atom. The summed E-state index contributed by atoms with van der Waals surface area (Å²) in [6, 6.07) is 0. The van der Waals surface area contributed by atoms with Crippen LogP contribution in [0, 0.1) is 18.8 Å². The van der Waals surface area contributed by atoms with Gasteiger partial charge in [-0.3, -0.25) is 9.59 Å². The van der Waals surface area contributed by atoms with E-state index in [1.165, 1.54) is 4.88 Å². The van der Waals surface area contributed by atoms with Crippen LogP contribution in [0.5, 0.6) is 0 Å². The van der Waals surface area contributed by atoms with E-state index in [1.807, 2.05) is 0 Å². The Hall–Kier alpha value is -1.43. The van der Waals surface area contributed by atoms with Crippen LogP contribution in [0.1, 0.15) is 28.9 Å². The van der Waals surface area contributed by atoms with E-state index >= 15 is 0 Å². The molecule has 1 heterocycles. The van der Waals surface area contributed by atoms with E-state index in [0.29, 0.717) is 19.4 Å². The van der Waals surface area contributed by atoms with Crippen LogP contribution in [0.2, 0.25) is 0 Å². The van der Waals surface area contributed by atoms with Crippen LogP contribution in [0.15, 0.2) is 0 Å². The largest absolute Gasteiger partial charge is 0.481 e. The number of aliphatic carboxylic acids is 1. The molecule has 2 N–H and O–H groups in total. The highest BCUT2D eigenvalue weighted by atomic mass is 32.1. The molecule has 2 atom stereocenters. The fraction of sp³-hybridized carbons (Fsp3) is 0.615. The molecule has 6 heteroatoms. The summed E-state index contributed by atoms with van der Waals surface area (Å²) in [6.07, 6.45) is 2.11. The van der Waals surface area contributed by atoms with Gasteiger partial charge in [-0.2, -0.15) is 0 Å². The summed E-state index contributed by atoms with van der Waals surface area (Å²) in [6.45, 7) is 4.66. The van der Waals surface area contributed by atoms with Crippen LogP contribution in [0.25, 0.3) is 0 Å². The number of nitrogens with one attached hydrogen (secondary N) is 1. The van der Waals surface area contributed by atoms with Crippen molar-refractivity contribution >= 4 is 23.2 Å². The summed E-state index contributed by atoms with van der Waals surface area (Å²) in [5, 5.41) is 12.6. The number of hydrogen-bond donors (Lipinski definition) is 2. The van der Waals surface area contributed by atoms with E-state index in [9.17, 15) is 9.59 Å². The quantitative estimate of drug-likeness (QED) is 0.826. The van der Waals surface area contributed by atoms with Crippen molar-refractivity contribution < 1.29 is 14.7 Å². The Morgan fingerprint density at radius 3 is 2.74 bits per heavy atom. The van der Waals surface area contributed by atoms with Gasteiger partial charge in [0.05, 0.1) is 22.5 Å². The molecule has 1 fully saturated rings. The van der Waals surface area contributed by atoms with Gasteiger partial charge < -0.3 is 10.4 Å². The molecule has 0 aromatic carbocycles. The van der Waals surface area contributed by atoms with Gasteiger partial charge in [0.1, 0.15) is 0 Å². The van der Waals surface area contributed by atoms with E-state index in [0.717, 1.165) is 17.1 Å². The zero-order chi connectivity index (χ0) is 14.0. The summed E-state index contributed by atoms with van der Waals surface area (Å²) in [5.74, 6) is -1.82. The van der Waals surface area contributed by atoms with Gasteiger partial charge in [0.25, 0.3) is 0 Å². The zero-order valence-corrected chi connectivity index (χ0v) is 11.9. The van der Waals surface area contributed by atoms with Crippen LogP contribution in [0.3, 0.4) is 0 Å². The fourth-order valence-corrected chi connectivity index (χ4v) is 3.13. The molecule has 2 unspecified atom stereocenters. The SMILES string of the molecule is CCc1nc(CCNC(=O)C2CC2C(=O)O)sc1C. The Kier molecular flexibility index (Phi) is 4.19. The van der Waals surface area contributed by atoms with Gasteiger partial charge in [-0.05, 0) is 19.8 Å². The maximum Gasteiger partial charge on any atom is 0.307 e. The average molecular weight is 282 g/mol. The first-order valence-electron chi connectivity index (χ1n) is 6.48. The lowest BCUT2D eigenvalue weighted by atomic mass is 10.3. The maximum atomic E-state index is 11.6. The smallest absolute Gasteiger partial charge is 0.307 e.